The van der Waals surface area contributed by atoms with Crippen molar-refractivity contribution in [2.45, 2.75) is 20.3 Å². The van der Waals surface area contributed by atoms with Crippen LogP contribution in [0, 0.1) is 5.41 Å². The summed E-state index contributed by atoms with van der Waals surface area (Å²) in [6.45, 7) is 4.49. The number of hydrogen-bond donors (Lipinski definition) is 2. The number of ether oxygens (including phenoxy) is 1. The van der Waals surface area contributed by atoms with Gasteiger partial charge in [0.15, 0.2) is 0 Å². The summed E-state index contributed by atoms with van der Waals surface area (Å²) in [4.78, 5) is 38.3. The highest BCUT2D eigenvalue weighted by Gasteiger charge is 2.35. The monoisotopic (exact) mass is 349 g/mol. The molecule has 0 saturated heterocycles. The highest BCUT2D eigenvalue weighted by atomic mass is 16.5. The van der Waals surface area contributed by atoms with Gasteiger partial charge in [0.05, 0.1) is 12.7 Å². The van der Waals surface area contributed by atoms with E-state index in [2.05, 4.69) is 15.4 Å². The Balaban J connectivity index is 2.68. The Hall–Kier alpha value is -2.41. The summed E-state index contributed by atoms with van der Waals surface area (Å²) >= 11 is 0. The fourth-order valence-corrected chi connectivity index (χ4v) is 2.05. The summed E-state index contributed by atoms with van der Waals surface area (Å²) in [5.74, 6) is -1.28. The van der Waals surface area contributed by atoms with Crippen molar-refractivity contribution >= 4 is 23.5 Å². The second kappa shape index (κ2) is 9.17. The maximum absolute atomic E-state index is 12.5. The number of amides is 2. The van der Waals surface area contributed by atoms with Crippen molar-refractivity contribution in [2.75, 3.05) is 39.6 Å². The van der Waals surface area contributed by atoms with Crippen molar-refractivity contribution in [2.24, 2.45) is 5.41 Å². The predicted octanol–water partition coefficient (Wildman–Crippen LogP) is 1.51. The number of anilines is 1. The van der Waals surface area contributed by atoms with Gasteiger partial charge in [0.1, 0.15) is 5.41 Å². The molecule has 2 amide bonds. The zero-order valence-electron chi connectivity index (χ0n) is 15.5. The van der Waals surface area contributed by atoms with Crippen molar-refractivity contribution in [3.8, 4) is 0 Å². The fourth-order valence-electron chi connectivity index (χ4n) is 2.05. The van der Waals surface area contributed by atoms with Gasteiger partial charge in [-0.25, -0.2) is 4.79 Å². The third kappa shape index (κ3) is 6.19. The maximum atomic E-state index is 12.5. The highest BCUT2D eigenvalue weighted by Crippen LogP contribution is 2.20. The van der Waals surface area contributed by atoms with Crippen molar-refractivity contribution < 1.29 is 19.1 Å². The van der Waals surface area contributed by atoms with Gasteiger partial charge in [-0.1, -0.05) is 6.07 Å². The summed E-state index contributed by atoms with van der Waals surface area (Å²) in [6, 6.07) is 6.38. The van der Waals surface area contributed by atoms with E-state index in [1.54, 1.807) is 32.0 Å². The van der Waals surface area contributed by atoms with Gasteiger partial charge >= 0.3 is 5.97 Å². The van der Waals surface area contributed by atoms with E-state index >= 15 is 0 Å². The molecule has 0 aliphatic heterocycles. The zero-order chi connectivity index (χ0) is 19.0. The van der Waals surface area contributed by atoms with Crippen LogP contribution in [0.3, 0.4) is 0 Å². The average Bonchev–Trinajstić information content (AvgIpc) is 2.57. The fraction of sp³-hybridized carbons (Fsp3) is 0.500. The van der Waals surface area contributed by atoms with Gasteiger partial charge in [0.25, 0.3) is 0 Å². The quantitative estimate of drug-likeness (QED) is 0.422. The van der Waals surface area contributed by atoms with Crippen LogP contribution in [0.15, 0.2) is 24.3 Å². The first-order valence-corrected chi connectivity index (χ1v) is 8.11. The smallest absolute Gasteiger partial charge is 0.337 e. The summed E-state index contributed by atoms with van der Waals surface area (Å²) in [7, 11) is 5.21. The van der Waals surface area contributed by atoms with Crippen molar-refractivity contribution in [3.63, 3.8) is 0 Å². The second-order valence-corrected chi connectivity index (χ2v) is 6.56. The molecular formula is C18H27N3O4. The molecule has 1 aromatic carbocycles. The molecule has 0 aliphatic carbocycles. The molecule has 0 heterocycles. The maximum Gasteiger partial charge on any atom is 0.337 e. The summed E-state index contributed by atoms with van der Waals surface area (Å²) in [5.41, 5.74) is -0.480. The standard InChI is InChI=1S/C18H27N3O4/c1-18(2,16(23)19-10-7-11-21(3)4)17(24)20-14-9-6-8-13(12-14)15(22)25-5/h6,8-9,12H,7,10-11H2,1-5H3,(H,19,23)(H,20,24). The lowest BCUT2D eigenvalue weighted by Gasteiger charge is -2.23. The molecule has 0 saturated carbocycles. The van der Waals surface area contributed by atoms with Gasteiger partial charge < -0.3 is 20.3 Å². The van der Waals surface area contributed by atoms with Crippen LogP contribution in [-0.2, 0) is 14.3 Å². The van der Waals surface area contributed by atoms with Crippen LogP contribution in [-0.4, -0.2) is 57.0 Å². The number of benzene rings is 1. The van der Waals surface area contributed by atoms with Gasteiger partial charge in [-0.05, 0) is 59.1 Å². The molecule has 0 spiro atoms. The molecular weight excluding hydrogens is 322 g/mol. The molecule has 0 radical (unpaired) electrons. The van der Waals surface area contributed by atoms with E-state index in [1.807, 2.05) is 19.0 Å². The first-order chi connectivity index (χ1) is 11.7. The lowest BCUT2D eigenvalue weighted by molar-refractivity contribution is -0.138. The molecule has 1 rings (SSSR count). The Bertz CT molecular complexity index is 627. The normalized spacial score (nSPS) is 11.1. The zero-order valence-corrected chi connectivity index (χ0v) is 15.5. The van der Waals surface area contributed by atoms with E-state index in [0.29, 0.717) is 17.8 Å². The number of methoxy groups -OCH3 is 1. The van der Waals surface area contributed by atoms with Crippen LogP contribution in [0.4, 0.5) is 5.69 Å². The minimum absolute atomic E-state index is 0.325. The lowest BCUT2D eigenvalue weighted by atomic mass is 9.91. The van der Waals surface area contributed by atoms with E-state index in [0.717, 1.165) is 13.0 Å². The summed E-state index contributed by atoms with van der Waals surface area (Å²) in [6.07, 6.45) is 0.803. The molecule has 0 aliphatic rings. The Morgan fingerprint density at radius 1 is 1.16 bits per heavy atom. The van der Waals surface area contributed by atoms with E-state index < -0.39 is 17.3 Å². The van der Waals surface area contributed by atoms with Crippen LogP contribution in [0.25, 0.3) is 0 Å². The van der Waals surface area contributed by atoms with Crippen LogP contribution in [0.5, 0.6) is 0 Å². The molecule has 138 valence electrons. The summed E-state index contributed by atoms with van der Waals surface area (Å²) < 4.78 is 4.65. The number of carbonyl (C=O) groups is 3. The van der Waals surface area contributed by atoms with Crippen LogP contribution < -0.4 is 10.6 Å². The SMILES string of the molecule is COC(=O)c1cccc(NC(=O)C(C)(C)C(=O)NCCCN(C)C)c1. The molecule has 0 unspecified atom stereocenters. The van der Waals surface area contributed by atoms with Crippen LogP contribution in [0.1, 0.15) is 30.6 Å². The second-order valence-electron chi connectivity index (χ2n) is 6.56. The molecule has 25 heavy (non-hydrogen) atoms. The Morgan fingerprint density at radius 2 is 1.84 bits per heavy atom. The highest BCUT2D eigenvalue weighted by molar-refractivity contribution is 6.10. The van der Waals surface area contributed by atoms with E-state index in [-0.39, 0.29) is 5.91 Å². The minimum Gasteiger partial charge on any atom is -0.465 e. The van der Waals surface area contributed by atoms with Gasteiger partial charge in [0, 0.05) is 12.2 Å². The van der Waals surface area contributed by atoms with Gasteiger partial charge in [0.2, 0.25) is 11.8 Å². The number of rotatable bonds is 8. The van der Waals surface area contributed by atoms with Crippen molar-refractivity contribution in [3.05, 3.63) is 29.8 Å². The Labute approximate surface area is 148 Å². The number of nitrogens with one attached hydrogen (secondary N) is 2. The molecule has 0 aromatic heterocycles. The number of carbonyl (C=O) groups excluding carboxylic acids is 3. The summed E-state index contributed by atoms with van der Waals surface area (Å²) in [5, 5.41) is 5.46. The third-order valence-electron chi connectivity index (χ3n) is 3.74. The predicted molar refractivity (Wildman–Crippen MR) is 96.4 cm³/mol. The molecule has 0 fully saturated rings. The minimum atomic E-state index is -1.24. The van der Waals surface area contributed by atoms with E-state index in [1.165, 1.54) is 13.2 Å². The molecule has 0 atom stereocenters. The molecule has 1 aromatic rings. The van der Waals surface area contributed by atoms with E-state index in [9.17, 15) is 14.4 Å². The van der Waals surface area contributed by atoms with Crippen LogP contribution >= 0.6 is 0 Å². The van der Waals surface area contributed by atoms with Crippen molar-refractivity contribution in [1.29, 1.82) is 0 Å². The Morgan fingerprint density at radius 3 is 2.44 bits per heavy atom. The lowest BCUT2D eigenvalue weighted by Crippen LogP contribution is -2.45. The number of nitrogens with zero attached hydrogens (tertiary/aromatic N) is 1. The molecule has 7 nitrogen and oxygen atoms in total. The van der Waals surface area contributed by atoms with Gasteiger partial charge in [-0.3, -0.25) is 9.59 Å². The number of hydrogen-bond acceptors (Lipinski definition) is 5. The van der Waals surface area contributed by atoms with Crippen LogP contribution in [0.2, 0.25) is 0 Å². The largest absolute Gasteiger partial charge is 0.465 e. The Kier molecular flexibility index (Phi) is 7.57. The first-order valence-electron chi connectivity index (χ1n) is 8.11. The number of esters is 1. The molecule has 7 heteroatoms. The first kappa shape index (κ1) is 20.6. The molecule has 2 N–H and O–H groups in total. The average molecular weight is 349 g/mol. The van der Waals surface area contributed by atoms with E-state index in [4.69, 9.17) is 0 Å². The van der Waals surface area contributed by atoms with Gasteiger partial charge in [-0.15, -0.1) is 0 Å². The third-order valence-corrected chi connectivity index (χ3v) is 3.74. The molecule has 0 bridgehead atoms. The topological polar surface area (TPSA) is 87.7 Å². The van der Waals surface area contributed by atoms with Gasteiger partial charge in [-0.2, -0.15) is 0 Å². The van der Waals surface area contributed by atoms with Crippen molar-refractivity contribution in [1.82, 2.24) is 10.2 Å².